The highest BCUT2D eigenvalue weighted by atomic mass is 32.2. The zero-order valence-electron chi connectivity index (χ0n) is 22.9. The van der Waals surface area contributed by atoms with Gasteiger partial charge in [0.1, 0.15) is 6.26 Å². The number of hydrogen-bond donors (Lipinski definition) is 1. The van der Waals surface area contributed by atoms with E-state index in [4.69, 9.17) is 4.18 Å². The normalized spacial score (nSPS) is 20.2. The van der Waals surface area contributed by atoms with Gasteiger partial charge in [-0.2, -0.15) is 56.9 Å². The van der Waals surface area contributed by atoms with Gasteiger partial charge in [0.15, 0.2) is 21.5 Å². The first-order chi connectivity index (χ1) is 18.7. The molecule has 1 fully saturated rings. The Kier molecular flexibility index (Phi) is 8.83. The minimum atomic E-state index is -5.35. The number of benzene rings is 2. The maximum atomic E-state index is 14.0. The molecule has 2 aromatic rings. The third-order valence-electron chi connectivity index (χ3n) is 7.25. The van der Waals surface area contributed by atoms with Gasteiger partial charge in [0.05, 0.1) is 27.8 Å². The molecule has 0 saturated carbocycles. The lowest BCUT2D eigenvalue weighted by molar-refractivity contribution is -0.144. The molecule has 0 amide bonds. The number of hydrogen-bond acceptors (Lipinski definition) is 2. The molecule has 1 saturated heterocycles. The molecule has 15 heteroatoms. The van der Waals surface area contributed by atoms with E-state index in [1.807, 2.05) is 0 Å². The van der Waals surface area contributed by atoms with E-state index >= 15 is 0 Å². The number of alkyl halides is 12. The summed E-state index contributed by atoms with van der Waals surface area (Å²) >= 11 is -1.46. The first-order valence-corrected chi connectivity index (χ1v) is 14.0. The number of halogens is 12. The van der Waals surface area contributed by atoms with Crippen molar-refractivity contribution in [2.75, 3.05) is 12.8 Å². The lowest BCUT2D eigenvalue weighted by Crippen LogP contribution is -2.59. The van der Waals surface area contributed by atoms with E-state index in [9.17, 15) is 52.7 Å². The van der Waals surface area contributed by atoms with E-state index in [2.05, 4.69) is 5.32 Å². The Labute approximate surface area is 237 Å². The Morgan fingerprint density at radius 1 is 0.619 bits per heavy atom. The predicted octanol–water partition coefficient (Wildman–Crippen LogP) is 9.13. The quantitative estimate of drug-likeness (QED) is 0.260. The van der Waals surface area contributed by atoms with Gasteiger partial charge >= 0.3 is 24.7 Å². The van der Waals surface area contributed by atoms with Crippen LogP contribution in [0.15, 0.2) is 36.4 Å². The van der Waals surface area contributed by atoms with Crippen molar-refractivity contribution < 1.29 is 56.9 Å². The van der Waals surface area contributed by atoms with Crippen molar-refractivity contribution in [2.24, 2.45) is 0 Å². The van der Waals surface area contributed by atoms with Crippen LogP contribution in [0.5, 0.6) is 0 Å². The maximum Gasteiger partial charge on any atom is 0.416 e. The fourth-order valence-electron chi connectivity index (χ4n) is 4.82. The largest absolute Gasteiger partial charge is 0.416 e. The summed E-state index contributed by atoms with van der Waals surface area (Å²) in [6, 6.07) is 0.867. The number of nitrogens with one attached hydrogen (secondary N) is 1. The summed E-state index contributed by atoms with van der Waals surface area (Å²) in [4.78, 5) is 0. The van der Waals surface area contributed by atoms with E-state index in [1.54, 1.807) is 20.8 Å². The fraction of sp³-hybridized carbons (Fsp3) is 0.556. The van der Waals surface area contributed by atoms with Crippen molar-refractivity contribution in [3.63, 3.8) is 0 Å². The molecule has 0 aliphatic carbocycles. The van der Waals surface area contributed by atoms with Crippen molar-refractivity contribution in [2.45, 2.75) is 81.1 Å². The molecule has 2 aromatic carbocycles. The summed E-state index contributed by atoms with van der Waals surface area (Å²) in [5.41, 5.74) is -13.4. The third kappa shape index (κ3) is 6.82. The minimum absolute atomic E-state index is 0.0659. The molecule has 0 spiro atoms. The lowest BCUT2D eigenvalue weighted by Gasteiger charge is -2.46. The second kappa shape index (κ2) is 10.8. The van der Waals surface area contributed by atoms with Gasteiger partial charge in [-0.1, -0.05) is 0 Å². The molecule has 1 heterocycles. The molecule has 2 atom stereocenters. The summed E-state index contributed by atoms with van der Waals surface area (Å²) in [6.07, 6.45) is -19.8. The van der Waals surface area contributed by atoms with Gasteiger partial charge < -0.3 is 5.32 Å². The molecule has 1 N–H and O–H groups in total. The van der Waals surface area contributed by atoms with Crippen LogP contribution in [0.25, 0.3) is 0 Å². The lowest BCUT2D eigenvalue weighted by atomic mass is 9.69. The van der Waals surface area contributed by atoms with Gasteiger partial charge in [0.2, 0.25) is 0 Å². The Balaban J connectivity index is 2.64. The SMILES string of the molecule is C[S+](OC(c1cc(C(F)(F)F)cc(C(F)(F)F)c1)(c1cc(C(F)(F)F)cc(C(F)(F)F)c1)[C@@]1(C)CCCN1)C(C)(C)C. The average molecular weight is 643 g/mol. The van der Waals surface area contributed by atoms with Crippen LogP contribution >= 0.6 is 0 Å². The summed E-state index contributed by atoms with van der Waals surface area (Å²) in [5, 5.41) is 2.91. The molecule has 42 heavy (non-hydrogen) atoms. The standard InChI is InChI=1S/C27H28F12NOS/c1-21(2,3)42(5)41-23(22(4)7-6-8-40-22,15-9-17(24(28,29)30)13-18(10-15)25(31,32)33)16-11-19(26(34,35)36)14-20(12-16)27(37,38)39/h9-14,40H,6-8H2,1-5H3/q+1/t22-,42?/m1/s1. The fourth-order valence-corrected chi connectivity index (χ4v) is 5.82. The van der Waals surface area contributed by atoms with Crippen LogP contribution in [0.4, 0.5) is 52.7 Å². The van der Waals surface area contributed by atoms with Crippen LogP contribution in [0.3, 0.4) is 0 Å². The Hall–Kier alpha value is -2.13. The van der Waals surface area contributed by atoms with Crippen LogP contribution in [0.2, 0.25) is 0 Å². The highest BCUT2D eigenvalue weighted by Gasteiger charge is 2.60. The third-order valence-corrected chi connectivity index (χ3v) is 9.47. The molecule has 0 radical (unpaired) electrons. The molecular formula is C27H28F12NOS+. The average Bonchev–Trinajstić information content (AvgIpc) is 3.26. The molecule has 236 valence electrons. The van der Waals surface area contributed by atoms with E-state index < -0.39 is 85.1 Å². The number of rotatable bonds is 5. The van der Waals surface area contributed by atoms with E-state index in [0.29, 0.717) is 24.3 Å². The summed E-state index contributed by atoms with van der Waals surface area (Å²) < 4.78 is 173. The molecular weight excluding hydrogens is 614 g/mol. The molecule has 2 nitrogen and oxygen atoms in total. The second-order valence-corrected chi connectivity index (χ2v) is 13.6. The van der Waals surface area contributed by atoms with Crippen LogP contribution in [-0.2, 0) is 45.7 Å². The van der Waals surface area contributed by atoms with E-state index in [1.165, 1.54) is 13.2 Å². The molecule has 0 bridgehead atoms. The minimum Gasteiger partial charge on any atom is -0.308 e. The zero-order chi connectivity index (χ0) is 32.3. The van der Waals surface area contributed by atoms with Gasteiger partial charge in [-0.3, -0.25) is 0 Å². The topological polar surface area (TPSA) is 21.3 Å². The summed E-state index contributed by atoms with van der Waals surface area (Å²) in [5.74, 6) is 0. The van der Waals surface area contributed by atoms with Gasteiger partial charge in [-0.15, -0.1) is 0 Å². The molecule has 1 unspecified atom stereocenters. The molecule has 0 aromatic heterocycles. The zero-order valence-corrected chi connectivity index (χ0v) is 23.8. The first kappa shape index (κ1) is 34.4. The van der Waals surface area contributed by atoms with Crippen LogP contribution < -0.4 is 5.32 Å². The smallest absolute Gasteiger partial charge is 0.308 e. The maximum absolute atomic E-state index is 14.0. The van der Waals surface area contributed by atoms with Crippen molar-refractivity contribution in [1.29, 1.82) is 0 Å². The van der Waals surface area contributed by atoms with Crippen LogP contribution in [0.1, 0.15) is 73.9 Å². The van der Waals surface area contributed by atoms with Crippen molar-refractivity contribution in [3.05, 3.63) is 69.8 Å². The van der Waals surface area contributed by atoms with Crippen molar-refractivity contribution >= 4 is 11.2 Å². The van der Waals surface area contributed by atoms with Crippen LogP contribution in [0, 0.1) is 0 Å². The summed E-state index contributed by atoms with van der Waals surface area (Å²) in [6.45, 7) is 6.23. The highest BCUT2D eigenvalue weighted by molar-refractivity contribution is 7.93. The Morgan fingerprint density at radius 2 is 0.929 bits per heavy atom. The van der Waals surface area contributed by atoms with Gasteiger partial charge in [0, 0.05) is 0 Å². The van der Waals surface area contributed by atoms with Gasteiger partial charge in [0.25, 0.3) is 0 Å². The van der Waals surface area contributed by atoms with Gasteiger partial charge in [-0.25, -0.2) is 0 Å². The predicted molar refractivity (Wildman–Crippen MR) is 133 cm³/mol. The van der Waals surface area contributed by atoms with Crippen molar-refractivity contribution in [1.82, 2.24) is 5.32 Å². The van der Waals surface area contributed by atoms with Gasteiger partial charge in [-0.05, 0) is 94.6 Å². The molecule has 1 aliphatic rings. The van der Waals surface area contributed by atoms with Crippen LogP contribution in [-0.4, -0.2) is 23.1 Å². The first-order valence-electron chi connectivity index (χ1n) is 12.4. The second-order valence-electron chi connectivity index (χ2n) is 11.3. The highest BCUT2D eigenvalue weighted by Crippen LogP contribution is 2.53. The Morgan fingerprint density at radius 3 is 1.17 bits per heavy atom. The molecule has 1 aliphatic heterocycles. The molecule has 3 rings (SSSR count). The van der Waals surface area contributed by atoms with Crippen molar-refractivity contribution in [3.8, 4) is 0 Å². The van der Waals surface area contributed by atoms with E-state index in [0.717, 1.165) is 0 Å². The summed E-state index contributed by atoms with van der Waals surface area (Å²) in [7, 11) is 0. The monoisotopic (exact) mass is 642 g/mol. The van der Waals surface area contributed by atoms with E-state index in [-0.39, 0.29) is 31.5 Å². The Bertz CT molecular complexity index is 1140.